The first kappa shape index (κ1) is 19.5. The van der Waals surface area contributed by atoms with Crippen molar-refractivity contribution in [2.75, 3.05) is 19.7 Å². The number of nitrogens with one attached hydrogen (secondary N) is 1. The predicted octanol–water partition coefficient (Wildman–Crippen LogP) is 2.94. The van der Waals surface area contributed by atoms with E-state index in [-0.39, 0.29) is 30.8 Å². The number of ether oxygens (including phenoxy) is 3. The average Bonchev–Trinajstić information content (AvgIpc) is 3.08. The molecule has 0 aromatic heterocycles. The van der Waals surface area contributed by atoms with Crippen LogP contribution < -0.4 is 5.32 Å². The summed E-state index contributed by atoms with van der Waals surface area (Å²) in [7, 11) is 0. The van der Waals surface area contributed by atoms with Crippen LogP contribution in [-0.2, 0) is 20.8 Å². The van der Waals surface area contributed by atoms with Gasteiger partial charge in [-0.25, -0.2) is 9.59 Å². The Kier molecular flexibility index (Phi) is 5.89. The summed E-state index contributed by atoms with van der Waals surface area (Å²) in [4.78, 5) is 26.4. The summed E-state index contributed by atoms with van der Waals surface area (Å²) in [5, 5.41) is 2.87. The Balaban J connectivity index is 1.58. The number of rotatable bonds is 3. The zero-order valence-electron chi connectivity index (χ0n) is 16.1. The summed E-state index contributed by atoms with van der Waals surface area (Å²) in [6.45, 7) is 7.28. The van der Waals surface area contributed by atoms with E-state index < -0.39 is 11.7 Å². The largest absolute Gasteiger partial charge is 0.445 e. The quantitative estimate of drug-likeness (QED) is 0.878. The Morgan fingerprint density at radius 3 is 2.67 bits per heavy atom. The fraction of sp³-hybridized carbons (Fsp3) is 0.600. The second-order valence-electron chi connectivity index (χ2n) is 8.08. The van der Waals surface area contributed by atoms with Gasteiger partial charge in [-0.3, -0.25) is 0 Å². The molecule has 148 valence electrons. The van der Waals surface area contributed by atoms with Gasteiger partial charge in [-0.15, -0.1) is 0 Å². The topological polar surface area (TPSA) is 77.1 Å². The first-order chi connectivity index (χ1) is 12.8. The molecule has 7 nitrogen and oxygen atoms in total. The molecule has 0 bridgehead atoms. The van der Waals surface area contributed by atoms with Crippen molar-refractivity contribution in [2.24, 2.45) is 5.92 Å². The SMILES string of the molecule is CC(C)(C)OC(=O)N1C[C@@H]2CCO[C@H]2[C@H](NC(=O)OCc2ccccc2)C1. The van der Waals surface area contributed by atoms with Gasteiger partial charge in [0.15, 0.2) is 0 Å². The summed E-state index contributed by atoms with van der Waals surface area (Å²) in [5.41, 5.74) is 0.360. The van der Waals surface area contributed by atoms with Crippen LogP contribution in [0.5, 0.6) is 0 Å². The molecule has 1 N–H and O–H groups in total. The number of benzene rings is 1. The van der Waals surface area contributed by atoms with Crippen LogP contribution in [0.25, 0.3) is 0 Å². The van der Waals surface area contributed by atoms with Gasteiger partial charge < -0.3 is 24.4 Å². The van der Waals surface area contributed by atoms with Gasteiger partial charge in [-0.2, -0.15) is 0 Å². The van der Waals surface area contributed by atoms with Gasteiger partial charge in [-0.05, 0) is 32.8 Å². The van der Waals surface area contributed by atoms with Gasteiger partial charge in [0, 0.05) is 25.6 Å². The van der Waals surface area contributed by atoms with Crippen molar-refractivity contribution < 1.29 is 23.8 Å². The van der Waals surface area contributed by atoms with E-state index in [0.717, 1.165) is 12.0 Å². The van der Waals surface area contributed by atoms with Crippen LogP contribution in [0.4, 0.5) is 9.59 Å². The van der Waals surface area contributed by atoms with Crippen LogP contribution in [0.3, 0.4) is 0 Å². The molecular formula is C20H28N2O5. The van der Waals surface area contributed by atoms with E-state index >= 15 is 0 Å². The van der Waals surface area contributed by atoms with Crippen molar-refractivity contribution in [1.29, 1.82) is 0 Å². The number of alkyl carbamates (subject to hydrolysis) is 1. The maximum absolute atomic E-state index is 12.5. The van der Waals surface area contributed by atoms with Crippen molar-refractivity contribution in [2.45, 2.75) is 51.5 Å². The maximum atomic E-state index is 12.5. The number of piperidine rings is 1. The normalized spacial score (nSPS) is 24.9. The molecule has 2 fully saturated rings. The van der Waals surface area contributed by atoms with Crippen molar-refractivity contribution in [1.82, 2.24) is 10.2 Å². The average molecular weight is 376 g/mol. The highest BCUT2D eigenvalue weighted by Gasteiger charge is 2.44. The lowest BCUT2D eigenvalue weighted by molar-refractivity contribution is -0.0167. The molecule has 0 aliphatic carbocycles. The van der Waals surface area contributed by atoms with E-state index in [2.05, 4.69) is 5.32 Å². The molecular weight excluding hydrogens is 348 g/mol. The highest BCUT2D eigenvalue weighted by molar-refractivity contribution is 5.70. The minimum atomic E-state index is -0.558. The van der Waals surface area contributed by atoms with Crippen LogP contribution in [0.2, 0.25) is 0 Å². The van der Waals surface area contributed by atoms with E-state index in [1.807, 2.05) is 51.1 Å². The molecule has 7 heteroatoms. The standard InChI is InChI=1S/C20H28N2O5/c1-20(2,3)27-19(24)22-11-15-9-10-25-17(15)16(12-22)21-18(23)26-13-14-7-5-4-6-8-14/h4-8,15-17H,9-13H2,1-3H3,(H,21,23)/t15-,16+,17+/m0/s1. The highest BCUT2D eigenvalue weighted by Crippen LogP contribution is 2.30. The lowest BCUT2D eigenvalue weighted by Gasteiger charge is -2.40. The number of amides is 2. The predicted molar refractivity (Wildman–Crippen MR) is 99.2 cm³/mol. The lowest BCUT2D eigenvalue weighted by Crippen LogP contribution is -2.59. The van der Waals surface area contributed by atoms with Crippen molar-refractivity contribution in [3.63, 3.8) is 0 Å². The third kappa shape index (κ3) is 5.35. The van der Waals surface area contributed by atoms with Crippen LogP contribution in [0.15, 0.2) is 30.3 Å². The first-order valence-electron chi connectivity index (χ1n) is 9.38. The summed E-state index contributed by atoms with van der Waals surface area (Å²) in [6.07, 6.45) is -0.115. The summed E-state index contributed by atoms with van der Waals surface area (Å²) < 4.78 is 16.6. The van der Waals surface area contributed by atoms with E-state index in [1.54, 1.807) is 4.90 Å². The summed E-state index contributed by atoms with van der Waals surface area (Å²) in [6, 6.07) is 9.18. The van der Waals surface area contributed by atoms with Crippen LogP contribution in [0.1, 0.15) is 32.8 Å². The number of hydrogen-bond acceptors (Lipinski definition) is 5. The van der Waals surface area contributed by atoms with Crippen LogP contribution >= 0.6 is 0 Å². The Morgan fingerprint density at radius 2 is 1.96 bits per heavy atom. The maximum Gasteiger partial charge on any atom is 0.410 e. The van der Waals surface area contributed by atoms with E-state index in [4.69, 9.17) is 14.2 Å². The van der Waals surface area contributed by atoms with Crippen molar-refractivity contribution in [3.8, 4) is 0 Å². The smallest absolute Gasteiger partial charge is 0.410 e. The van der Waals surface area contributed by atoms with E-state index in [9.17, 15) is 9.59 Å². The van der Waals surface area contributed by atoms with Gasteiger partial charge in [0.05, 0.1) is 12.1 Å². The Hall–Kier alpha value is -2.28. The third-order valence-corrected chi connectivity index (χ3v) is 4.70. The number of likely N-dealkylation sites (tertiary alicyclic amines) is 1. The molecule has 0 saturated carbocycles. The van der Waals surface area contributed by atoms with Crippen molar-refractivity contribution >= 4 is 12.2 Å². The molecule has 0 spiro atoms. The first-order valence-corrected chi connectivity index (χ1v) is 9.38. The number of nitrogens with zero attached hydrogens (tertiary/aromatic N) is 1. The van der Waals surface area contributed by atoms with Crippen LogP contribution in [0, 0.1) is 5.92 Å². The van der Waals surface area contributed by atoms with Gasteiger partial charge in [0.2, 0.25) is 0 Å². The molecule has 2 aliphatic heterocycles. The number of fused-ring (bicyclic) bond motifs is 1. The molecule has 2 aliphatic rings. The van der Waals surface area contributed by atoms with E-state index in [0.29, 0.717) is 19.7 Å². The zero-order chi connectivity index (χ0) is 19.4. The summed E-state index contributed by atoms with van der Waals surface area (Å²) >= 11 is 0. The van der Waals surface area contributed by atoms with Crippen LogP contribution in [-0.4, -0.2) is 54.5 Å². The summed E-state index contributed by atoms with van der Waals surface area (Å²) in [5.74, 6) is 0.186. The molecule has 3 atom stereocenters. The molecule has 0 radical (unpaired) electrons. The van der Waals surface area contributed by atoms with Gasteiger partial charge in [0.25, 0.3) is 0 Å². The van der Waals surface area contributed by atoms with Gasteiger partial charge >= 0.3 is 12.2 Å². The minimum Gasteiger partial charge on any atom is -0.445 e. The lowest BCUT2D eigenvalue weighted by atomic mass is 9.91. The number of carbonyl (C=O) groups excluding carboxylic acids is 2. The fourth-order valence-corrected chi connectivity index (χ4v) is 3.51. The molecule has 27 heavy (non-hydrogen) atoms. The van der Waals surface area contributed by atoms with E-state index in [1.165, 1.54) is 0 Å². The Morgan fingerprint density at radius 1 is 1.22 bits per heavy atom. The number of hydrogen-bond donors (Lipinski definition) is 1. The Labute approximate surface area is 160 Å². The zero-order valence-corrected chi connectivity index (χ0v) is 16.1. The molecule has 2 heterocycles. The monoisotopic (exact) mass is 376 g/mol. The molecule has 2 amide bonds. The molecule has 0 unspecified atom stereocenters. The Bertz CT molecular complexity index is 658. The second-order valence-corrected chi connectivity index (χ2v) is 8.08. The molecule has 3 rings (SSSR count). The fourth-order valence-electron chi connectivity index (χ4n) is 3.51. The minimum absolute atomic E-state index is 0.104. The van der Waals surface area contributed by atoms with Gasteiger partial charge in [-0.1, -0.05) is 30.3 Å². The highest BCUT2D eigenvalue weighted by atomic mass is 16.6. The molecule has 2 saturated heterocycles. The van der Waals surface area contributed by atoms with Crippen molar-refractivity contribution in [3.05, 3.63) is 35.9 Å². The molecule has 1 aromatic rings. The molecule has 1 aromatic carbocycles. The third-order valence-electron chi connectivity index (χ3n) is 4.70. The number of carbonyl (C=O) groups is 2. The van der Waals surface area contributed by atoms with Gasteiger partial charge in [0.1, 0.15) is 12.2 Å². The second kappa shape index (κ2) is 8.17.